The second kappa shape index (κ2) is 5.54. The van der Waals surface area contributed by atoms with Crippen molar-refractivity contribution in [2.45, 2.75) is 20.8 Å². The molecule has 0 atom stereocenters. The van der Waals surface area contributed by atoms with E-state index in [0.717, 1.165) is 11.7 Å². The summed E-state index contributed by atoms with van der Waals surface area (Å²) in [7, 11) is 0. The van der Waals surface area contributed by atoms with Gasteiger partial charge < -0.3 is 0 Å². The van der Waals surface area contributed by atoms with Crippen LogP contribution in [0.15, 0.2) is 16.1 Å². The Morgan fingerprint density at radius 1 is 1.70 bits per heavy atom. The fourth-order valence-electron chi connectivity index (χ4n) is 0.464. The van der Waals surface area contributed by atoms with Crippen LogP contribution < -0.4 is 0 Å². The van der Waals surface area contributed by atoms with Crippen LogP contribution in [0.4, 0.5) is 0 Å². The highest BCUT2D eigenvalue weighted by Gasteiger charge is 1.94. The fraction of sp³-hybridized carbons (Fsp3) is 0.625. The van der Waals surface area contributed by atoms with Crippen molar-refractivity contribution in [3.63, 3.8) is 0 Å². The summed E-state index contributed by atoms with van der Waals surface area (Å²) < 4.78 is 0. The van der Waals surface area contributed by atoms with Crippen LogP contribution in [0.5, 0.6) is 0 Å². The van der Waals surface area contributed by atoms with Crippen LogP contribution in [-0.4, -0.2) is 12.5 Å². The van der Waals surface area contributed by atoms with Gasteiger partial charge in [-0.05, 0) is 24.5 Å². The molecule has 0 aromatic rings. The number of aliphatic imine (C=N–C) groups is 1. The van der Waals surface area contributed by atoms with Gasteiger partial charge in [-0.3, -0.25) is 4.99 Å². The molecule has 0 saturated carbocycles. The molecule has 0 rings (SSSR count). The minimum atomic E-state index is 0.748. The molecule has 0 aliphatic carbocycles. The normalized spacial score (nSPS) is 12.2. The lowest BCUT2D eigenvalue weighted by Crippen LogP contribution is -1.89. The van der Waals surface area contributed by atoms with Crippen LogP contribution in [0.3, 0.4) is 0 Å². The van der Waals surface area contributed by atoms with E-state index in [-0.39, 0.29) is 0 Å². The third kappa shape index (κ3) is 5.89. The largest absolute Gasteiger partial charge is 0.272 e. The van der Waals surface area contributed by atoms with Crippen LogP contribution >= 0.6 is 11.8 Å². The number of rotatable bonds is 4. The minimum absolute atomic E-state index is 0.748. The fourth-order valence-corrected chi connectivity index (χ4v) is 1.21. The van der Waals surface area contributed by atoms with Crippen molar-refractivity contribution < 1.29 is 0 Å². The number of thioether (sulfide) groups is 1. The van der Waals surface area contributed by atoms with Gasteiger partial charge in [0.1, 0.15) is 0 Å². The van der Waals surface area contributed by atoms with E-state index in [1.807, 2.05) is 11.8 Å². The van der Waals surface area contributed by atoms with Crippen molar-refractivity contribution in [3.05, 3.63) is 11.1 Å². The lowest BCUT2D eigenvalue weighted by atomic mass is 10.3. The van der Waals surface area contributed by atoms with Crippen molar-refractivity contribution in [2.24, 2.45) is 10.9 Å². The zero-order valence-electron chi connectivity index (χ0n) is 6.92. The molecule has 0 aliphatic heterocycles. The molecule has 0 bridgehead atoms. The Morgan fingerprint density at radius 2 is 2.30 bits per heavy atom. The third-order valence-corrected chi connectivity index (χ3v) is 2.31. The van der Waals surface area contributed by atoms with Crippen molar-refractivity contribution >= 4 is 18.5 Å². The quantitative estimate of drug-likeness (QED) is 0.571. The van der Waals surface area contributed by atoms with Crippen molar-refractivity contribution in [1.82, 2.24) is 0 Å². The summed E-state index contributed by atoms with van der Waals surface area (Å²) in [4.78, 5) is 4.92. The molecule has 2 heteroatoms. The van der Waals surface area contributed by atoms with Gasteiger partial charge in [0.2, 0.25) is 0 Å². The van der Waals surface area contributed by atoms with Crippen LogP contribution in [0.1, 0.15) is 20.8 Å². The van der Waals surface area contributed by atoms with Gasteiger partial charge in [0, 0.05) is 12.0 Å². The number of hydrogen-bond acceptors (Lipinski definition) is 2. The molecule has 1 nitrogen and oxygen atoms in total. The Balaban J connectivity index is 3.48. The lowest BCUT2D eigenvalue weighted by molar-refractivity contribution is 0.751. The summed E-state index contributed by atoms with van der Waals surface area (Å²) in [6, 6.07) is 0. The average molecular weight is 157 g/mol. The molecule has 0 aromatic carbocycles. The molecule has 0 heterocycles. The predicted octanol–water partition coefficient (Wildman–Crippen LogP) is 2.94. The van der Waals surface area contributed by atoms with Crippen molar-refractivity contribution in [1.29, 1.82) is 0 Å². The molecule has 0 spiro atoms. The molecular formula is C8H15NS. The third-order valence-electron chi connectivity index (χ3n) is 0.917. The highest BCUT2D eigenvalue weighted by Crippen LogP contribution is 2.17. The van der Waals surface area contributed by atoms with E-state index >= 15 is 0 Å². The molecule has 0 saturated heterocycles. The van der Waals surface area contributed by atoms with E-state index in [9.17, 15) is 0 Å². The highest BCUT2D eigenvalue weighted by atomic mass is 32.2. The minimum Gasteiger partial charge on any atom is -0.272 e. The molecular weight excluding hydrogens is 142 g/mol. The van der Waals surface area contributed by atoms with Crippen LogP contribution in [0.2, 0.25) is 0 Å². The van der Waals surface area contributed by atoms with Crippen molar-refractivity contribution in [2.75, 3.05) is 5.75 Å². The number of allylic oxidation sites excluding steroid dienone is 1. The Morgan fingerprint density at radius 3 is 2.70 bits per heavy atom. The van der Waals surface area contributed by atoms with E-state index in [1.54, 1.807) is 6.20 Å². The zero-order valence-corrected chi connectivity index (χ0v) is 7.74. The van der Waals surface area contributed by atoms with E-state index in [4.69, 9.17) is 0 Å². The van der Waals surface area contributed by atoms with E-state index in [0.29, 0.717) is 0 Å². The van der Waals surface area contributed by atoms with E-state index in [1.165, 1.54) is 4.91 Å². The Bertz CT molecular complexity index is 127. The van der Waals surface area contributed by atoms with Gasteiger partial charge in [-0.2, -0.15) is 0 Å². The Kier molecular flexibility index (Phi) is 5.40. The standard InChI is InChI=1S/C8H15NS/c1-7(2)6-10-8(3)5-9-4/h5,7H,4,6H2,1-3H3. The summed E-state index contributed by atoms with van der Waals surface area (Å²) in [5.41, 5.74) is 0. The first-order valence-corrected chi connectivity index (χ1v) is 4.40. The summed E-state index contributed by atoms with van der Waals surface area (Å²) in [6.07, 6.45) is 1.80. The smallest absolute Gasteiger partial charge is 0.0352 e. The Hall–Kier alpha value is -0.240. The molecule has 0 amide bonds. The van der Waals surface area contributed by atoms with Crippen LogP contribution in [-0.2, 0) is 0 Å². The molecule has 58 valence electrons. The van der Waals surface area contributed by atoms with Gasteiger partial charge >= 0.3 is 0 Å². The van der Waals surface area contributed by atoms with E-state index in [2.05, 4.69) is 32.5 Å². The molecule has 0 aliphatic rings. The number of hydrogen-bond donors (Lipinski definition) is 0. The molecule has 0 fully saturated rings. The number of nitrogens with zero attached hydrogens (tertiary/aromatic N) is 1. The molecule has 0 N–H and O–H groups in total. The van der Waals surface area contributed by atoms with Gasteiger partial charge in [-0.1, -0.05) is 13.8 Å². The lowest BCUT2D eigenvalue weighted by Gasteiger charge is -2.02. The van der Waals surface area contributed by atoms with Crippen LogP contribution in [0.25, 0.3) is 0 Å². The SMILES string of the molecule is C=NC=C(C)SCC(C)C. The monoisotopic (exact) mass is 157 g/mol. The predicted molar refractivity (Wildman–Crippen MR) is 50.6 cm³/mol. The summed E-state index contributed by atoms with van der Waals surface area (Å²) >= 11 is 1.84. The maximum Gasteiger partial charge on any atom is 0.0352 e. The highest BCUT2D eigenvalue weighted by molar-refractivity contribution is 8.03. The first-order chi connectivity index (χ1) is 4.66. The summed E-state index contributed by atoms with van der Waals surface area (Å²) in [5, 5.41) is 0. The summed E-state index contributed by atoms with van der Waals surface area (Å²) in [6.45, 7) is 9.87. The first-order valence-electron chi connectivity index (χ1n) is 3.42. The first kappa shape index (κ1) is 9.76. The maximum atomic E-state index is 3.68. The van der Waals surface area contributed by atoms with Gasteiger partial charge in [-0.15, -0.1) is 11.8 Å². The van der Waals surface area contributed by atoms with E-state index < -0.39 is 0 Å². The van der Waals surface area contributed by atoms with Crippen LogP contribution in [0, 0.1) is 5.92 Å². The van der Waals surface area contributed by atoms with Gasteiger partial charge in [0.25, 0.3) is 0 Å². The second-order valence-electron chi connectivity index (χ2n) is 2.63. The van der Waals surface area contributed by atoms with Gasteiger partial charge in [-0.25, -0.2) is 0 Å². The summed E-state index contributed by atoms with van der Waals surface area (Å²) in [5.74, 6) is 1.91. The zero-order chi connectivity index (χ0) is 7.98. The Labute approximate surface area is 67.6 Å². The van der Waals surface area contributed by atoms with Gasteiger partial charge in [0.05, 0.1) is 0 Å². The van der Waals surface area contributed by atoms with Gasteiger partial charge in [0.15, 0.2) is 0 Å². The second-order valence-corrected chi connectivity index (χ2v) is 3.89. The maximum absolute atomic E-state index is 3.68. The molecule has 10 heavy (non-hydrogen) atoms. The molecule has 0 unspecified atom stereocenters. The molecule has 0 radical (unpaired) electrons. The molecule has 0 aromatic heterocycles. The van der Waals surface area contributed by atoms with Crippen molar-refractivity contribution in [3.8, 4) is 0 Å². The average Bonchev–Trinajstić information content (AvgIpc) is 1.85. The topological polar surface area (TPSA) is 12.4 Å².